The number of hydrogen-bond donors (Lipinski definition) is 2. The van der Waals surface area contributed by atoms with Gasteiger partial charge in [-0.15, -0.1) is 0 Å². The normalized spacial score (nSPS) is 14.7. The van der Waals surface area contributed by atoms with E-state index in [1.807, 2.05) is 37.3 Å². The molecule has 3 heterocycles. The Labute approximate surface area is 163 Å². The lowest BCUT2D eigenvalue weighted by Crippen LogP contribution is -2.44. The Morgan fingerprint density at radius 1 is 1.07 bits per heavy atom. The highest BCUT2D eigenvalue weighted by Gasteiger charge is 2.18. The molecule has 0 amide bonds. The molecule has 4 rings (SSSR count). The number of rotatable bonds is 4. The molecule has 8 heteroatoms. The Hall–Kier alpha value is -3.44. The molecule has 1 aromatic carbocycles. The molecule has 1 saturated heterocycles. The van der Waals surface area contributed by atoms with Crippen LogP contribution in [0.4, 0.5) is 17.5 Å². The predicted octanol–water partition coefficient (Wildman–Crippen LogP) is 2.54. The van der Waals surface area contributed by atoms with Crippen molar-refractivity contribution in [3.63, 3.8) is 0 Å². The smallest absolute Gasteiger partial charge is 0.163 e. The second-order valence-electron chi connectivity index (χ2n) is 6.98. The van der Waals surface area contributed by atoms with Gasteiger partial charge < -0.3 is 15.1 Å². The first-order valence-corrected chi connectivity index (χ1v) is 9.23. The van der Waals surface area contributed by atoms with E-state index in [-0.39, 0.29) is 0 Å². The third kappa shape index (κ3) is 3.94. The standard InChI is InChI=1S/C20H22N8/c1-14-10-18(26-25-14)22-17-12-19(28-8-6-27(2)7-9-28)24-20(23-17)16-5-3-4-15(11-16)13-21/h3-5,10-12H,6-9H2,1-2H3,(H2,22,23,24,25,26). The summed E-state index contributed by atoms with van der Waals surface area (Å²) in [5, 5.41) is 19.6. The Kier molecular flexibility index (Phi) is 4.91. The Bertz CT molecular complexity index is 1010. The minimum Gasteiger partial charge on any atom is -0.354 e. The van der Waals surface area contributed by atoms with Crippen molar-refractivity contribution in [2.45, 2.75) is 6.92 Å². The maximum absolute atomic E-state index is 9.22. The second-order valence-corrected chi connectivity index (χ2v) is 6.98. The maximum atomic E-state index is 9.22. The summed E-state index contributed by atoms with van der Waals surface area (Å²) in [6, 6.07) is 13.4. The van der Waals surface area contributed by atoms with E-state index < -0.39 is 0 Å². The number of piperazine rings is 1. The molecule has 0 spiro atoms. The van der Waals surface area contributed by atoms with Gasteiger partial charge in [0.25, 0.3) is 0 Å². The SMILES string of the molecule is Cc1cc(Nc2cc(N3CCN(C)CC3)nc(-c3cccc(C#N)c3)n2)n[nH]1. The molecule has 0 atom stereocenters. The number of anilines is 3. The van der Waals surface area contributed by atoms with E-state index in [1.165, 1.54) is 0 Å². The maximum Gasteiger partial charge on any atom is 0.163 e. The zero-order valence-electron chi connectivity index (χ0n) is 16.0. The van der Waals surface area contributed by atoms with Crippen LogP contribution in [0.3, 0.4) is 0 Å². The lowest BCUT2D eigenvalue weighted by molar-refractivity contribution is 0.312. The van der Waals surface area contributed by atoms with E-state index in [4.69, 9.17) is 4.98 Å². The highest BCUT2D eigenvalue weighted by Crippen LogP contribution is 2.25. The van der Waals surface area contributed by atoms with Crippen molar-refractivity contribution in [1.82, 2.24) is 25.1 Å². The molecule has 0 radical (unpaired) electrons. The predicted molar refractivity (Wildman–Crippen MR) is 109 cm³/mol. The summed E-state index contributed by atoms with van der Waals surface area (Å²) in [6.45, 7) is 5.75. The van der Waals surface area contributed by atoms with Gasteiger partial charge in [0.05, 0.1) is 11.6 Å². The van der Waals surface area contributed by atoms with Crippen molar-refractivity contribution in [2.24, 2.45) is 0 Å². The number of nitrogens with one attached hydrogen (secondary N) is 2. The summed E-state index contributed by atoms with van der Waals surface area (Å²) in [5.41, 5.74) is 2.37. The van der Waals surface area contributed by atoms with E-state index in [9.17, 15) is 5.26 Å². The molecule has 0 saturated carbocycles. The van der Waals surface area contributed by atoms with Gasteiger partial charge in [0.15, 0.2) is 11.6 Å². The van der Waals surface area contributed by atoms with E-state index in [1.54, 1.807) is 6.07 Å². The number of nitrogens with zero attached hydrogens (tertiary/aromatic N) is 6. The van der Waals surface area contributed by atoms with E-state index >= 15 is 0 Å². The quantitative estimate of drug-likeness (QED) is 0.724. The van der Waals surface area contributed by atoms with Crippen molar-refractivity contribution in [2.75, 3.05) is 43.4 Å². The second kappa shape index (κ2) is 7.66. The average Bonchev–Trinajstić information content (AvgIpc) is 3.13. The fraction of sp³-hybridized carbons (Fsp3) is 0.300. The molecule has 2 N–H and O–H groups in total. The van der Waals surface area contributed by atoms with Gasteiger partial charge >= 0.3 is 0 Å². The van der Waals surface area contributed by atoms with Crippen LogP contribution in [0.25, 0.3) is 11.4 Å². The number of aryl methyl sites for hydroxylation is 1. The third-order valence-corrected chi connectivity index (χ3v) is 4.75. The Balaban J connectivity index is 1.72. The molecule has 2 aromatic heterocycles. The fourth-order valence-electron chi connectivity index (χ4n) is 3.17. The number of nitriles is 1. The van der Waals surface area contributed by atoms with Crippen molar-refractivity contribution >= 4 is 17.5 Å². The molecular formula is C20H22N8. The summed E-state index contributed by atoms with van der Waals surface area (Å²) in [6.07, 6.45) is 0. The van der Waals surface area contributed by atoms with Crippen LogP contribution >= 0.6 is 0 Å². The van der Waals surface area contributed by atoms with Crippen LogP contribution in [-0.4, -0.2) is 58.3 Å². The van der Waals surface area contributed by atoms with E-state index in [2.05, 4.69) is 43.4 Å². The molecular weight excluding hydrogens is 352 g/mol. The minimum absolute atomic E-state index is 0.586. The first kappa shape index (κ1) is 17.9. The Morgan fingerprint density at radius 3 is 2.61 bits per heavy atom. The third-order valence-electron chi connectivity index (χ3n) is 4.75. The first-order chi connectivity index (χ1) is 13.6. The number of aromatic amines is 1. The van der Waals surface area contributed by atoms with Crippen LogP contribution in [0.5, 0.6) is 0 Å². The molecule has 28 heavy (non-hydrogen) atoms. The molecule has 8 nitrogen and oxygen atoms in total. The van der Waals surface area contributed by atoms with Gasteiger partial charge in [-0.05, 0) is 26.1 Å². The number of aromatic nitrogens is 4. The van der Waals surface area contributed by atoms with E-state index in [0.717, 1.165) is 43.3 Å². The van der Waals surface area contributed by atoms with E-state index in [0.29, 0.717) is 23.0 Å². The van der Waals surface area contributed by atoms with Crippen LogP contribution in [0.15, 0.2) is 36.4 Å². The van der Waals surface area contributed by atoms with Crippen LogP contribution < -0.4 is 10.2 Å². The summed E-state index contributed by atoms with van der Waals surface area (Å²) in [5.74, 6) is 2.84. The van der Waals surface area contributed by atoms with Gasteiger partial charge in [-0.2, -0.15) is 10.4 Å². The number of hydrogen-bond acceptors (Lipinski definition) is 7. The monoisotopic (exact) mass is 374 g/mol. The summed E-state index contributed by atoms with van der Waals surface area (Å²) in [7, 11) is 2.13. The fourth-order valence-corrected chi connectivity index (χ4v) is 3.17. The van der Waals surface area contributed by atoms with Crippen molar-refractivity contribution in [3.8, 4) is 17.5 Å². The molecule has 1 aliphatic rings. The largest absolute Gasteiger partial charge is 0.354 e. The van der Waals surface area contributed by atoms with Crippen LogP contribution in [0.2, 0.25) is 0 Å². The first-order valence-electron chi connectivity index (χ1n) is 9.23. The molecule has 3 aromatic rings. The highest BCUT2D eigenvalue weighted by molar-refractivity contribution is 5.65. The molecule has 0 unspecified atom stereocenters. The molecule has 142 valence electrons. The lowest BCUT2D eigenvalue weighted by Gasteiger charge is -2.33. The summed E-state index contributed by atoms with van der Waals surface area (Å²) >= 11 is 0. The molecule has 1 aliphatic heterocycles. The highest BCUT2D eigenvalue weighted by atomic mass is 15.3. The zero-order chi connectivity index (χ0) is 19.5. The number of likely N-dealkylation sites (N-methyl/N-ethyl adjacent to an activating group) is 1. The van der Waals surface area contributed by atoms with Gasteiger partial charge in [0, 0.05) is 49.6 Å². The minimum atomic E-state index is 0.586. The summed E-state index contributed by atoms with van der Waals surface area (Å²) < 4.78 is 0. The van der Waals surface area contributed by atoms with Gasteiger partial charge in [-0.3, -0.25) is 5.10 Å². The number of benzene rings is 1. The van der Waals surface area contributed by atoms with Crippen molar-refractivity contribution < 1.29 is 0 Å². The van der Waals surface area contributed by atoms with Crippen molar-refractivity contribution in [3.05, 3.63) is 47.7 Å². The van der Waals surface area contributed by atoms with Crippen LogP contribution in [0.1, 0.15) is 11.3 Å². The van der Waals surface area contributed by atoms with Crippen LogP contribution in [0, 0.1) is 18.3 Å². The Morgan fingerprint density at radius 2 is 1.89 bits per heavy atom. The molecule has 0 aliphatic carbocycles. The van der Waals surface area contributed by atoms with Crippen LogP contribution in [-0.2, 0) is 0 Å². The lowest BCUT2D eigenvalue weighted by atomic mass is 10.1. The topological polar surface area (TPSA) is 96.8 Å². The van der Waals surface area contributed by atoms with Gasteiger partial charge in [-0.25, -0.2) is 9.97 Å². The van der Waals surface area contributed by atoms with Gasteiger partial charge in [0.2, 0.25) is 0 Å². The summed E-state index contributed by atoms with van der Waals surface area (Å²) in [4.78, 5) is 14.0. The van der Waals surface area contributed by atoms with Gasteiger partial charge in [0.1, 0.15) is 11.6 Å². The van der Waals surface area contributed by atoms with Gasteiger partial charge in [-0.1, -0.05) is 12.1 Å². The molecule has 0 bridgehead atoms. The molecule has 1 fully saturated rings. The van der Waals surface area contributed by atoms with Crippen molar-refractivity contribution in [1.29, 1.82) is 5.26 Å². The number of H-pyrrole nitrogens is 1. The zero-order valence-corrected chi connectivity index (χ0v) is 16.0. The average molecular weight is 374 g/mol.